The fraction of sp³-hybridized carbons (Fsp3) is 0.320. The van der Waals surface area contributed by atoms with E-state index in [9.17, 15) is 4.79 Å². The lowest BCUT2D eigenvalue weighted by molar-refractivity contribution is -0.282. The molecule has 1 aromatic heterocycles. The quantitative estimate of drug-likeness (QED) is 0.205. The first-order valence-corrected chi connectivity index (χ1v) is 10.6. The Kier molecular flexibility index (Phi) is 11.6. The lowest BCUT2D eigenvalue weighted by Crippen LogP contribution is -2.39. The highest BCUT2D eigenvalue weighted by Crippen LogP contribution is 2.17. The van der Waals surface area contributed by atoms with E-state index in [2.05, 4.69) is 27.2 Å². The largest absolute Gasteiger partial charge is 0.354 e. The van der Waals surface area contributed by atoms with Gasteiger partial charge in [0.15, 0.2) is 0 Å². The molecule has 170 valence electrons. The van der Waals surface area contributed by atoms with Crippen molar-refractivity contribution in [3.63, 3.8) is 0 Å². The summed E-state index contributed by atoms with van der Waals surface area (Å²) in [6.45, 7) is 5.19. The van der Waals surface area contributed by atoms with E-state index in [4.69, 9.17) is 9.78 Å². The smallest absolute Gasteiger partial charge is 0.241 e. The summed E-state index contributed by atoms with van der Waals surface area (Å²) in [4.78, 5) is 30.9. The predicted molar refractivity (Wildman–Crippen MR) is 127 cm³/mol. The standard InChI is InChI=1S/C25H32N4O3/c1-4-6-21(18-26-2)12-15-28-24(23-8-5-7-22(17-23)19-32-31-3)25(30)29-16-11-20-9-13-27-14-10-20/h4-10,13-14,17-18,24,28H,1,11-12,15-16,19H2,2-3H3,(H,29,30)/b21-6-,26-18?. The molecule has 2 N–H and O–H groups in total. The molecule has 2 rings (SSSR count). The number of nitrogens with zero attached hydrogens (tertiary/aromatic N) is 2. The molecular formula is C25H32N4O3. The van der Waals surface area contributed by atoms with Crippen molar-refractivity contribution in [3.05, 3.63) is 89.8 Å². The lowest BCUT2D eigenvalue weighted by atomic mass is 10.0. The van der Waals surface area contributed by atoms with E-state index in [-0.39, 0.29) is 5.91 Å². The van der Waals surface area contributed by atoms with Crippen LogP contribution in [0.5, 0.6) is 0 Å². The van der Waals surface area contributed by atoms with Crippen LogP contribution in [0, 0.1) is 0 Å². The fourth-order valence-electron chi connectivity index (χ4n) is 3.20. The van der Waals surface area contributed by atoms with Gasteiger partial charge in [0.1, 0.15) is 12.6 Å². The van der Waals surface area contributed by atoms with Crippen LogP contribution in [0.1, 0.15) is 29.2 Å². The van der Waals surface area contributed by atoms with Gasteiger partial charge in [0, 0.05) is 38.7 Å². The van der Waals surface area contributed by atoms with Gasteiger partial charge in [-0.2, -0.15) is 0 Å². The zero-order chi connectivity index (χ0) is 23.0. The number of hydrogen-bond donors (Lipinski definition) is 2. The van der Waals surface area contributed by atoms with E-state index in [0.717, 1.165) is 35.1 Å². The van der Waals surface area contributed by atoms with Gasteiger partial charge in [-0.25, -0.2) is 9.78 Å². The van der Waals surface area contributed by atoms with Crippen molar-refractivity contribution < 1.29 is 14.6 Å². The first-order chi connectivity index (χ1) is 15.7. The Labute approximate surface area is 190 Å². The van der Waals surface area contributed by atoms with Gasteiger partial charge in [-0.1, -0.05) is 43.0 Å². The van der Waals surface area contributed by atoms with Crippen LogP contribution >= 0.6 is 0 Å². The molecule has 32 heavy (non-hydrogen) atoms. The molecule has 0 spiro atoms. The van der Waals surface area contributed by atoms with E-state index < -0.39 is 6.04 Å². The van der Waals surface area contributed by atoms with Gasteiger partial charge in [-0.05, 0) is 47.2 Å². The molecule has 0 saturated carbocycles. The summed E-state index contributed by atoms with van der Waals surface area (Å²) in [5, 5.41) is 6.43. The van der Waals surface area contributed by atoms with Gasteiger partial charge < -0.3 is 10.6 Å². The maximum atomic E-state index is 13.1. The molecule has 0 aliphatic heterocycles. The fourth-order valence-corrected chi connectivity index (χ4v) is 3.20. The summed E-state index contributed by atoms with van der Waals surface area (Å²) >= 11 is 0. The summed E-state index contributed by atoms with van der Waals surface area (Å²) < 4.78 is 0. The third kappa shape index (κ3) is 8.93. The molecule has 1 atom stereocenters. The van der Waals surface area contributed by atoms with E-state index >= 15 is 0 Å². The summed E-state index contributed by atoms with van der Waals surface area (Å²) in [7, 11) is 3.20. The van der Waals surface area contributed by atoms with E-state index in [1.54, 1.807) is 31.7 Å². The minimum Gasteiger partial charge on any atom is -0.354 e. The SMILES string of the molecule is C=C/C=C(\C=NC)CCNC(C(=O)NCCc1ccncc1)c1cccc(COOC)c1. The van der Waals surface area contributed by atoms with Crippen LogP contribution in [0.4, 0.5) is 0 Å². The maximum Gasteiger partial charge on any atom is 0.241 e. The van der Waals surface area contributed by atoms with Crippen LogP contribution in [-0.2, 0) is 27.6 Å². The molecule has 0 saturated heterocycles. The number of rotatable bonds is 14. The average Bonchev–Trinajstić information content (AvgIpc) is 2.81. The minimum atomic E-state index is -0.501. The third-order valence-corrected chi connectivity index (χ3v) is 4.74. The summed E-state index contributed by atoms with van der Waals surface area (Å²) in [5.41, 5.74) is 3.95. The Balaban J connectivity index is 2.08. The molecule has 1 unspecified atom stereocenters. The number of amides is 1. The normalized spacial score (nSPS) is 12.6. The highest BCUT2D eigenvalue weighted by atomic mass is 17.2. The van der Waals surface area contributed by atoms with Crippen LogP contribution in [0.2, 0.25) is 0 Å². The molecule has 0 bridgehead atoms. The predicted octanol–water partition coefficient (Wildman–Crippen LogP) is 3.35. The van der Waals surface area contributed by atoms with E-state index in [1.165, 1.54) is 7.11 Å². The molecular weight excluding hydrogens is 404 g/mol. The highest BCUT2D eigenvalue weighted by Gasteiger charge is 2.20. The van der Waals surface area contributed by atoms with Crippen molar-refractivity contribution in [2.24, 2.45) is 4.99 Å². The Hall–Kier alpha value is -3.13. The molecule has 0 fully saturated rings. The number of carbonyl (C=O) groups excluding carboxylic acids is 1. The topological polar surface area (TPSA) is 84.8 Å². The van der Waals surface area contributed by atoms with E-state index in [0.29, 0.717) is 19.7 Å². The number of aliphatic imine (C=N–C) groups is 1. The average molecular weight is 437 g/mol. The maximum absolute atomic E-state index is 13.1. The Morgan fingerprint density at radius 1 is 1.22 bits per heavy atom. The molecule has 0 radical (unpaired) electrons. The monoisotopic (exact) mass is 436 g/mol. The van der Waals surface area contributed by atoms with Crippen LogP contribution in [-0.4, -0.2) is 44.4 Å². The summed E-state index contributed by atoms with van der Waals surface area (Å²) in [6, 6.07) is 11.1. The van der Waals surface area contributed by atoms with E-state index in [1.807, 2.05) is 42.5 Å². The van der Waals surface area contributed by atoms with Crippen molar-refractivity contribution in [1.29, 1.82) is 0 Å². The zero-order valence-electron chi connectivity index (χ0n) is 18.8. The Morgan fingerprint density at radius 2 is 2.03 bits per heavy atom. The molecule has 2 aromatic rings. The molecule has 1 aromatic carbocycles. The number of benzene rings is 1. The first kappa shape index (κ1) is 25.1. The lowest BCUT2D eigenvalue weighted by Gasteiger charge is -2.20. The van der Waals surface area contributed by atoms with Crippen LogP contribution in [0.15, 0.2) is 78.1 Å². The van der Waals surface area contributed by atoms with Crippen molar-refractivity contribution in [2.45, 2.75) is 25.5 Å². The number of allylic oxidation sites excluding steroid dienone is 2. The molecule has 7 heteroatoms. The second kappa shape index (κ2) is 14.8. The minimum absolute atomic E-state index is 0.0812. The van der Waals surface area contributed by atoms with Crippen molar-refractivity contribution in [2.75, 3.05) is 27.2 Å². The van der Waals surface area contributed by atoms with Gasteiger partial charge in [0.2, 0.25) is 5.91 Å². The van der Waals surface area contributed by atoms with Gasteiger partial charge in [-0.3, -0.25) is 14.8 Å². The van der Waals surface area contributed by atoms with Crippen LogP contribution < -0.4 is 10.6 Å². The molecule has 0 aliphatic carbocycles. The number of pyridine rings is 1. The van der Waals surface area contributed by atoms with Gasteiger partial charge in [0.25, 0.3) is 0 Å². The van der Waals surface area contributed by atoms with Gasteiger partial charge in [0.05, 0.1) is 7.11 Å². The van der Waals surface area contributed by atoms with Crippen molar-refractivity contribution in [3.8, 4) is 0 Å². The second-order valence-corrected chi connectivity index (χ2v) is 7.07. The van der Waals surface area contributed by atoms with Crippen LogP contribution in [0.25, 0.3) is 0 Å². The second-order valence-electron chi connectivity index (χ2n) is 7.07. The highest BCUT2D eigenvalue weighted by molar-refractivity contribution is 5.83. The Morgan fingerprint density at radius 3 is 2.75 bits per heavy atom. The van der Waals surface area contributed by atoms with Gasteiger partial charge >= 0.3 is 0 Å². The molecule has 1 heterocycles. The molecule has 0 aliphatic rings. The molecule has 7 nitrogen and oxygen atoms in total. The Bertz CT molecular complexity index is 897. The number of hydrogen-bond acceptors (Lipinski definition) is 6. The first-order valence-electron chi connectivity index (χ1n) is 10.6. The molecule has 1 amide bonds. The third-order valence-electron chi connectivity index (χ3n) is 4.74. The summed E-state index contributed by atoms with van der Waals surface area (Å²) in [6.07, 6.45) is 10.4. The number of carbonyl (C=O) groups is 1. The van der Waals surface area contributed by atoms with Gasteiger partial charge in [-0.15, -0.1) is 0 Å². The van der Waals surface area contributed by atoms with Crippen LogP contribution in [0.3, 0.4) is 0 Å². The number of aromatic nitrogens is 1. The number of nitrogens with one attached hydrogen (secondary N) is 2. The zero-order valence-corrected chi connectivity index (χ0v) is 18.8. The van der Waals surface area contributed by atoms with Crippen molar-refractivity contribution >= 4 is 12.1 Å². The summed E-state index contributed by atoms with van der Waals surface area (Å²) in [5.74, 6) is -0.0812. The van der Waals surface area contributed by atoms with Crippen molar-refractivity contribution in [1.82, 2.24) is 15.6 Å².